The fraction of sp³-hybridized carbons (Fsp3) is 0.533. The van der Waals surface area contributed by atoms with Crippen LogP contribution in [0.4, 0.5) is 0 Å². The summed E-state index contributed by atoms with van der Waals surface area (Å²) in [5.41, 5.74) is 4.11. The van der Waals surface area contributed by atoms with Crippen molar-refractivity contribution in [2.75, 3.05) is 6.61 Å². The summed E-state index contributed by atoms with van der Waals surface area (Å²) in [6.45, 7) is 5.31. The van der Waals surface area contributed by atoms with Crippen molar-refractivity contribution in [3.63, 3.8) is 0 Å². The van der Waals surface area contributed by atoms with E-state index in [4.69, 9.17) is 4.74 Å². The molecule has 0 heterocycles. The molecule has 0 bridgehead atoms. The molecule has 1 saturated carbocycles. The Labute approximate surface area is 190 Å². The molecule has 1 aliphatic rings. The van der Waals surface area contributed by atoms with E-state index in [-0.39, 0.29) is 0 Å². The third-order valence-corrected chi connectivity index (χ3v) is 6.54. The first-order valence-electron chi connectivity index (χ1n) is 12.6. The molecule has 0 amide bonds. The number of benzene rings is 2. The van der Waals surface area contributed by atoms with Gasteiger partial charge < -0.3 is 4.74 Å². The van der Waals surface area contributed by atoms with Crippen LogP contribution in [0, 0.1) is 17.8 Å². The zero-order valence-corrected chi connectivity index (χ0v) is 19.7. The molecule has 0 atom stereocenters. The van der Waals surface area contributed by atoms with Crippen LogP contribution in [-0.4, -0.2) is 6.61 Å². The van der Waals surface area contributed by atoms with Crippen molar-refractivity contribution in [2.24, 2.45) is 5.92 Å². The van der Waals surface area contributed by atoms with Crippen LogP contribution in [0.2, 0.25) is 0 Å². The van der Waals surface area contributed by atoms with E-state index in [2.05, 4.69) is 74.2 Å². The average molecular weight is 417 g/mol. The number of unbranched alkanes of at least 4 members (excludes halogenated alkanes) is 4. The summed E-state index contributed by atoms with van der Waals surface area (Å²) < 4.78 is 5.83. The number of rotatable bonds is 10. The molecular formula is C30H40O. The lowest BCUT2D eigenvalue weighted by molar-refractivity contribution is 0.305. The highest BCUT2D eigenvalue weighted by Crippen LogP contribution is 2.35. The maximum absolute atomic E-state index is 5.83. The minimum atomic E-state index is 0.537. The molecule has 1 fully saturated rings. The second-order valence-electron chi connectivity index (χ2n) is 9.10. The van der Waals surface area contributed by atoms with Crippen molar-refractivity contribution < 1.29 is 4.74 Å². The van der Waals surface area contributed by atoms with Gasteiger partial charge in [0, 0.05) is 11.5 Å². The van der Waals surface area contributed by atoms with Gasteiger partial charge in [0.2, 0.25) is 0 Å². The van der Waals surface area contributed by atoms with Gasteiger partial charge in [-0.05, 0) is 86.3 Å². The summed E-state index contributed by atoms with van der Waals surface area (Å²) in [5.74, 6) is 9.15. The number of hydrogen-bond donors (Lipinski definition) is 0. The predicted octanol–water partition coefficient (Wildman–Crippen LogP) is 8.31. The standard InChI is InChI=1S/C30H40O/c1-3-5-7-8-24-31-30-22-16-27(17-23-30)11-10-26-14-20-29(21-15-26)28-18-12-25(13-19-28)9-6-4-2/h12-13,16-19,22-23,26,29H,3-9,14-15,20-21,24H2,1-2H3. The summed E-state index contributed by atoms with van der Waals surface area (Å²) in [6, 6.07) is 17.7. The molecule has 0 unspecified atom stereocenters. The zero-order valence-electron chi connectivity index (χ0n) is 19.7. The highest BCUT2D eigenvalue weighted by Gasteiger charge is 2.21. The monoisotopic (exact) mass is 416 g/mol. The molecule has 0 spiro atoms. The number of aryl methyl sites for hydroxylation is 1. The molecule has 31 heavy (non-hydrogen) atoms. The van der Waals surface area contributed by atoms with Crippen LogP contribution in [0.15, 0.2) is 48.5 Å². The Morgan fingerprint density at radius 3 is 2.16 bits per heavy atom. The molecule has 1 heteroatoms. The van der Waals surface area contributed by atoms with Crippen molar-refractivity contribution in [2.45, 2.75) is 90.4 Å². The van der Waals surface area contributed by atoms with Gasteiger partial charge in [-0.25, -0.2) is 0 Å². The fourth-order valence-corrected chi connectivity index (χ4v) is 4.45. The summed E-state index contributed by atoms with van der Waals surface area (Å²) >= 11 is 0. The van der Waals surface area contributed by atoms with E-state index in [1.54, 1.807) is 0 Å². The van der Waals surface area contributed by atoms with Crippen LogP contribution in [0.1, 0.15) is 101 Å². The maximum atomic E-state index is 5.83. The minimum absolute atomic E-state index is 0.537. The minimum Gasteiger partial charge on any atom is -0.494 e. The predicted molar refractivity (Wildman–Crippen MR) is 133 cm³/mol. The van der Waals surface area contributed by atoms with Crippen molar-refractivity contribution in [3.05, 3.63) is 65.2 Å². The molecule has 0 aliphatic heterocycles. The Bertz CT molecular complexity index is 798. The van der Waals surface area contributed by atoms with Crippen LogP contribution < -0.4 is 4.74 Å². The Morgan fingerprint density at radius 1 is 0.774 bits per heavy atom. The average Bonchev–Trinajstić information content (AvgIpc) is 2.83. The lowest BCUT2D eigenvalue weighted by Gasteiger charge is -2.26. The molecule has 2 aromatic rings. The van der Waals surface area contributed by atoms with E-state index in [1.165, 1.54) is 75.3 Å². The third-order valence-electron chi connectivity index (χ3n) is 6.54. The Kier molecular flexibility index (Phi) is 10.0. The molecule has 3 rings (SSSR count). The second-order valence-corrected chi connectivity index (χ2v) is 9.10. The smallest absolute Gasteiger partial charge is 0.119 e. The van der Waals surface area contributed by atoms with Crippen LogP contribution >= 0.6 is 0 Å². The lowest BCUT2D eigenvalue weighted by atomic mass is 9.78. The third kappa shape index (κ3) is 8.10. The second kappa shape index (κ2) is 13.3. The molecule has 2 aromatic carbocycles. The zero-order chi connectivity index (χ0) is 21.7. The van der Waals surface area contributed by atoms with Gasteiger partial charge in [-0.1, -0.05) is 75.6 Å². The van der Waals surface area contributed by atoms with Gasteiger partial charge >= 0.3 is 0 Å². The van der Waals surface area contributed by atoms with E-state index >= 15 is 0 Å². The first-order valence-corrected chi connectivity index (χ1v) is 12.6. The van der Waals surface area contributed by atoms with Crippen molar-refractivity contribution >= 4 is 0 Å². The molecular weight excluding hydrogens is 376 g/mol. The molecule has 0 saturated heterocycles. The summed E-state index contributed by atoms with van der Waals surface area (Å²) in [4.78, 5) is 0. The van der Waals surface area contributed by atoms with Crippen molar-refractivity contribution in [1.82, 2.24) is 0 Å². The number of hydrogen-bond acceptors (Lipinski definition) is 1. The molecule has 166 valence electrons. The van der Waals surface area contributed by atoms with Gasteiger partial charge in [0.25, 0.3) is 0 Å². The van der Waals surface area contributed by atoms with Gasteiger partial charge in [0.1, 0.15) is 5.75 Å². The first-order chi connectivity index (χ1) is 15.3. The van der Waals surface area contributed by atoms with Crippen LogP contribution in [-0.2, 0) is 6.42 Å². The normalized spacial score (nSPS) is 18.3. The fourth-order valence-electron chi connectivity index (χ4n) is 4.45. The highest BCUT2D eigenvalue weighted by atomic mass is 16.5. The van der Waals surface area contributed by atoms with Gasteiger partial charge in [-0.2, -0.15) is 0 Å². The lowest BCUT2D eigenvalue weighted by Crippen LogP contribution is -2.12. The van der Waals surface area contributed by atoms with Crippen LogP contribution in [0.25, 0.3) is 0 Å². The molecule has 1 nitrogen and oxygen atoms in total. The topological polar surface area (TPSA) is 9.23 Å². The van der Waals surface area contributed by atoms with Crippen molar-refractivity contribution in [1.29, 1.82) is 0 Å². The summed E-state index contributed by atoms with van der Waals surface area (Å²) in [6.07, 6.45) is 13.7. The van der Waals surface area contributed by atoms with E-state index in [0.29, 0.717) is 11.8 Å². The maximum Gasteiger partial charge on any atom is 0.119 e. The first kappa shape index (κ1) is 23.5. The van der Waals surface area contributed by atoms with Crippen LogP contribution in [0.5, 0.6) is 5.75 Å². The molecule has 0 N–H and O–H groups in total. The van der Waals surface area contributed by atoms with Gasteiger partial charge in [-0.3, -0.25) is 0 Å². The summed E-state index contributed by atoms with van der Waals surface area (Å²) in [5, 5.41) is 0. The molecule has 1 aliphatic carbocycles. The quantitative estimate of drug-likeness (QED) is 0.279. The summed E-state index contributed by atoms with van der Waals surface area (Å²) in [7, 11) is 0. The van der Waals surface area contributed by atoms with Crippen molar-refractivity contribution in [3.8, 4) is 17.6 Å². The van der Waals surface area contributed by atoms with E-state index in [0.717, 1.165) is 24.3 Å². The van der Waals surface area contributed by atoms with Gasteiger partial charge in [0.05, 0.1) is 6.61 Å². The largest absolute Gasteiger partial charge is 0.494 e. The molecule has 0 radical (unpaired) electrons. The number of ether oxygens (including phenoxy) is 1. The van der Waals surface area contributed by atoms with Gasteiger partial charge in [0.15, 0.2) is 0 Å². The molecule has 0 aromatic heterocycles. The Balaban J connectivity index is 1.42. The van der Waals surface area contributed by atoms with E-state index < -0.39 is 0 Å². The Morgan fingerprint density at radius 2 is 1.48 bits per heavy atom. The Hall–Kier alpha value is -2.20. The van der Waals surface area contributed by atoms with E-state index in [9.17, 15) is 0 Å². The van der Waals surface area contributed by atoms with E-state index in [1.807, 2.05) is 0 Å². The van der Waals surface area contributed by atoms with Gasteiger partial charge in [-0.15, -0.1) is 0 Å². The SMILES string of the molecule is CCCCCCOc1ccc(C#CC2CCC(c3ccc(CCCC)cc3)CC2)cc1. The van der Waals surface area contributed by atoms with Crippen LogP contribution in [0.3, 0.4) is 0 Å². The highest BCUT2D eigenvalue weighted by molar-refractivity contribution is 5.38.